The topological polar surface area (TPSA) is 95.3 Å². The molecule has 1 amide bonds. The van der Waals surface area contributed by atoms with Crippen LogP contribution in [0.5, 0.6) is 5.75 Å². The molecule has 2 heterocycles. The fourth-order valence-electron chi connectivity index (χ4n) is 3.21. The third kappa shape index (κ3) is 6.11. The molecular formula is C23H27ClN4O4S2. The zero-order valence-corrected chi connectivity index (χ0v) is 22.1. The first-order chi connectivity index (χ1) is 16.3. The van der Waals surface area contributed by atoms with Gasteiger partial charge in [0.2, 0.25) is 5.91 Å². The van der Waals surface area contributed by atoms with Crippen LogP contribution in [0.3, 0.4) is 0 Å². The van der Waals surface area contributed by atoms with Gasteiger partial charge in [0.15, 0.2) is 17.1 Å². The molecule has 1 aromatic carbocycles. The van der Waals surface area contributed by atoms with Crippen molar-refractivity contribution in [3.63, 3.8) is 0 Å². The summed E-state index contributed by atoms with van der Waals surface area (Å²) in [6.45, 7) is 8.42. The Morgan fingerprint density at radius 1 is 1.26 bits per heavy atom. The maximum atomic E-state index is 12.6. The van der Waals surface area contributed by atoms with Crippen molar-refractivity contribution in [2.75, 3.05) is 18.2 Å². The van der Waals surface area contributed by atoms with E-state index in [0.29, 0.717) is 38.9 Å². The number of aromatic nitrogens is 3. The first-order valence-corrected chi connectivity index (χ1v) is 12.9. The van der Waals surface area contributed by atoms with Crippen molar-refractivity contribution in [3.05, 3.63) is 51.1 Å². The average Bonchev–Trinajstić information content (AvgIpc) is 3.43. The third-order valence-corrected chi connectivity index (χ3v) is 7.41. The fraction of sp³-hybridized carbons (Fsp3) is 0.391. The summed E-state index contributed by atoms with van der Waals surface area (Å²) in [5, 5.41) is 13.0. The number of nitrogens with zero attached hydrogens (tertiary/aromatic N) is 3. The van der Waals surface area contributed by atoms with E-state index in [2.05, 4.69) is 15.5 Å². The van der Waals surface area contributed by atoms with Crippen LogP contribution in [0.2, 0.25) is 5.02 Å². The highest BCUT2D eigenvalue weighted by Crippen LogP contribution is 2.32. The predicted molar refractivity (Wildman–Crippen MR) is 135 cm³/mol. The average molecular weight is 523 g/mol. The van der Waals surface area contributed by atoms with Gasteiger partial charge in [-0.1, -0.05) is 36.4 Å². The van der Waals surface area contributed by atoms with Crippen LogP contribution in [0.1, 0.15) is 53.5 Å². The van der Waals surface area contributed by atoms with Crippen LogP contribution < -0.4 is 10.1 Å². The van der Waals surface area contributed by atoms with E-state index in [1.165, 1.54) is 30.2 Å². The normalized spacial score (nSPS) is 11.8. The van der Waals surface area contributed by atoms with Crippen molar-refractivity contribution < 1.29 is 19.1 Å². The van der Waals surface area contributed by atoms with Crippen LogP contribution in [0.25, 0.3) is 0 Å². The standard InChI is InChI=1S/C23H27ClN4O4S2/c1-6-15-11-16(22(30)31-5)21(34-15)25-19(29)12-33-23-27-26-20(28(23)7-2)14(4)32-18-10-13(3)8-9-17(18)24/h8-11,14H,6-7,12H2,1-5H3,(H,25,29). The molecule has 0 saturated carbocycles. The van der Waals surface area contributed by atoms with Crippen LogP contribution in [0.4, 0.5) is 5.00 Å². The van der Waals surface area contributed by atoms with E-state index >= 15 is 0 Å². The number of anilines is 1. The predicted octanol–water partition coefficient (Wildman–Crippen LogP) is 5.54. The number of rotatable bonds is 10. The molecule has 34 heavy (non-hydrogen) atoms. The number of hydrogen-bond donors (Lipinski definition) is 1. The van der Waals surface area contributed by atoms with Gasteiger partial charge in [0.25, 0.3) is 0 Å². The van der Waals surface area contributed by atoms with Gasteiger partial charge in [-0.2, -0.15) is 0 Å². The number of halogens is 1. The molecule has 11 heteroatoms. The molecule has 0 aliphatic heterocycles. The first-order valence-electron chi connectivity index (χ1n) is 10.8. The molecule has 0 bridgehead atoms. The lowest BCUT2D eigenvalue weighted by atomic mass is 10.2. The highest BCUT2D eigenvalue weighted by molar-refractivity contribution is 7.99. The minimum Gasteiger partial charge on any atom is -0.481 e. The van der Waals surface area contributed by atoms with Crippen molar-refractivity contribution in [1.82, 2.24) is 14.8 Å². The zero-order chi connectivity index (χ0) is 24.8. The molecule has 182 valence electrons. The Bertz CT molecular complexity index is 1180. The molecule has 1 unspecified atom stereocenters. The number of carbonyl (C=O) groups is 2. The smallest absolute Gasteiger partial charge is 0.340 e. The Balaban J connectivity index is 1.68. The lowest BCUT2D eigenvalue weighted by Gasteiger charge is -2.16. The first kappa shape index (κ1) is 26.1. The van der Waals surface area contributed by atoms with Crippen molar-refractivity contribution in [2.24, 2.45) is 0 Å². The van der Waals surface area contributed by atoms with Crippen molar-refractivity contribution in [1.29, 1.82) is 0 Å². The van der Waals surface area contributed by atoms with E-state index < -0.39 is 12.1 Å². The van der Waals surface area contributed by atoms with Gasteiger partial charge in [0.05, 0.1) is 23.4 Å². The zero-order valence-electron chi connectivity index (χ0n) is 19.7. The number of ether oxygens (including phenoxy) is 2. The largest absolute Gasteiger partial charge is 0.481 e. The van der Waals surface area contributed by atoms with Gasteiger partial charge < -0.3 is 19.4 Å². The Morgan fingerprint density at radius 2 is 2.03 bits per heavy atom. The van der Waals surface area contributed by atoms with E-state index in [-0.39, 0.29) is 11.7 Å². The van der Waals surface area contributed by atoms with Crippen LogP contribution in [-0.2, 0) is 22.5 Å². The summed E-state index contributed by atoms with van der Waals surface area (Å²) in [5.74, 6) is 0.607. The molecule has 8 nitrogen and oxygen atoms in total. The number of hydrogen-bond acceptors (Lipinski definition) is 8. The van der Waals surface area contributed by atoms with Gasteiger partial charge in [0, 0.05) is 11.4 Å². The lowest BCUT2D eigenvalue weighted by molar-refractivity contribution is -0.113. The Hall–Kier alpha value is -2.56. The molecule has 3 rings (SSSR count). The molecular weight excluding hydrogens is 496 g/mol. The Kier molecular flexibility index (Phi) is 8.98. The highest BCUT2D eigenvalue weighted by Gasteiger charge is 2.22. The maximum Gasteiger partial charge on any atom is 0.340 e. The van der Waals surface area contributed by atoms with E-state index in [4.69, 9.17) is 21.1 Å². The number of benzene rings is 1. The number of methoxy groups -OCH3 is 1. The number of thioether (sulfide) groups is 1. The number of carbonyl (C=O) groups excluding carboxylic acids is 2. The number of aryl methyl sites for hydroxylation is 2. The summed E-state index contributed by atoms with van der Waals surface area (Å²) in [7, 11) is 1.32. The van der Waals surface area contributed by atoms with Gasteiger partial charge >= 0.3 is 5.97 Å². The molecule has 0 aliphatic carbocycles. The molecule has 0 aliphatic rings. The molecule has 3 aromatic rings. The molecule has 0 fully saturated rings. The SMILES string of the molecule is CCc1cc(C(=O)OC)c(NC(=O)CSc2nnc(C(C)Oc3cc(C)ccc3Cl)n2CC)s1. The highest BCUT2D eigenvalue weighted by atomic mass is 35.5. The number of esters is 1. The summed E-state index contributed by atoms with van der Waals surface area (Å²) >= 11 is 8.90. The number of thiophene rings is 1. The van der Waals surface area contributed by atoms with Gasteiger partial charge in [-0.15, -0.1) is 21.5 Å². The van der Waals surface area contributed by atoms with Crippen molar-refractivity contribution in [3.8, 4) is 5.75 Å². The summed E-state index contributed by atoms with van der Waals surface area (Å²) in [6.07, 6.45) is 0.367. The van der Waals surface area contributed by atoms with Crippen LogP contribution >= 0.6 is 34.7 Å². The second kappa shape index (κ2) is 11.7. The van der Waals surface area contributed by atoms with Gasteiger partial charge in [-0.25, -0.2) is 4.79 Å². The van der Waals surface area contributed by atoms with Crippen LogP contribution in [0.15, 0.2) is 29.4 Å². The Labute approximate surface area is 212 Å². The summed E-state index contributed by atoms with van der Waals surface area (Å²) in [4.78, 5) is 25.6. The van der Waals surface area contributed by atoms with E-state index in [1.807, 2.05) is 44.4 Å². The summed E-state index contributed by atoms with van der Waals surface area (Å²) in [5.41, 5.74) is 1.40. The summed E-state index contributed by atoms with van der Waals surface area (Å²) in [6, 6.07) is 7.34. The van der Waals surface area contributed by atoms with E-state index in [9.17, 15) is 9.59 Å². The van der Waals surface area contributed by atoms with Crippen molar-refractivity contribution >= 4 is 51.6 Å². The number of nitrogens with one attached hydrogen (secondary N) is 1. The monoisotopic (exact) mass is 522 g/mol. The molecule has 0 radical (unpaired) electrons. The van der Waals surface area contributed by atoms with Gasteiger partial charge in [-0.3, -0.25) is 4.79 Å². The minimum absolute atomic E-state index is 0.108. The van der Waals surface area contributed by atoms with E-state index in [1.54, 1.807) is 12.1 Å². The van der Waals surface area contributed by atoms with Gasteiger partial charge in [-0.05, 0) is 51.0 Å². The molecule has 1 N–H and O–H groups in total. The van der Waals surface area contributed by atoms with Crippen molar-refractivity contribution in [2.45, 2.75) is 51.9 Å². The molecule has 1 atom stereocenters. The third-order valence-electron chi connectivity index (χ3n) is 4.94. The van der Waals surface area contributed by atoms with Gasteiger partial charge in [0.1, 0.15) is 10.8 Å². The van der Waals surface area contributed by atoms with Crippen LogP contribution in [0, 0.1) is 6.92 Å². The quantitative estimate of drug-likeness (QED) is 0.276. The molecule has 0 spiro atoms. The second-order valence-corrected chi connectivity index (χ2v) is 9.90. The lowest BCUT2D eigenvalue weighted by Crippen LogP contribution is -2.16. The Morgan fingerprint density at radius 3 is 2.71 bits per heavy atom. The number of amides is 1. The fourth-order valence-corrected chi connectivity index (χ4v) is 5.18. The minimum atomic E-state index is -0.475. The molecule has 2 aromatic heterocycles. The second-order valence-electron chi connectivity index (χ2n) is 7.42. The summed E-state index contributed by atoms with van der Waals surface area (Å²) < 4.78 is 12.8. The molecule has 0 saturated heterocycles. The van der Waals surface area contributed by atoms with Crippen LogP contribution in [-0.4, -0.2) is 39.5 Å². The van der Waals surface area contributed by atoms with E-state index in [0.717, 1.165) is 16.9 Å². The maximum absolute atomic E-state index is 12.6.